The maximum Gasteiger partial charge on any atom is 0.212 e. The number of aromatic nitrogens is 2. The van der Waals surface area contributed by atoms with Crippen LogP contribution < -0.4 is 11.1 Å². The minimum Gasteiger partial charge on any atom is -0.370 e. The number of para-hydroxylation sites is 2. The quantitative estimate of drug-likeness (QED) is 0.561. The normalized spacial score (nSPS) is 16.2. The van der Waals surface area contributed by atoms with Gasteiger partial charge in [-0.1, -0.05) is 30.3 Å². The number of fused-ring (bicyclic) bond motifs is 3. The standard InChI is InChI=1S/C19H14FN5S/c20-13-10-11(16-6-3-9-26-16)7-8-12(13)17-23-18(21)24-19-22-14-4-1-2-5-15(14)25(17)19/h1-10,17H,(H3,21,22,23,24)/t17-/m0/s1. The maximum atomic E-state index is 15.0. The molecule has 0 aliphatic carbocycles. The molecular weight excluding hydrogens is 349 g/mol. The Bertz CT molecular complexity index is 1150. The molecule has 128 valence electrons. The Labute approximate surface area is 152 Å². The zero-order chi connectivity index (χ0) is 17.7. The summed E-state index contributed by atoms with van der Waals surface area (Å²) < 4.78 is 16.9. The molecular formula is C19H14FN5S. The molecule has 0 bridgehead atoms. The molecule has 0 amide bonds. The van der Waals surface area contributed by atoms with Crippen molar-refractivity contribution >= 4 is 34.3 Å². The largest absolute Gasteiger partial charge is 0.370 e. The van der Waals surface area contributed by atoms with Gasteiger partial charge in [-0.15, -0.1) is 11.3 Å². The maximum absolute atomic E-state index is 15.0. The number of nitrogens with one attached hydrogen (secondary N) is 1. The van der Waals surface area contributed by atoms with Gasteiger partial charge < -0.3 is 5.73 Å². The average molecular weight is 363 g/mol. The van der Waals surface area contributed by atoms with Crippen LogP contribution in [0.15, 0.2) is 65.0 Å². The first-order chi connectivity index (χ1) is 12.7. The van der Waals surface area contributed by atoms with Crippen LogP contribution in [0.1, 0.15) is 11.7 Å². The summed E-state index contributed by atoms with van der Waals surface area (Å²) in [6, 6.07) is 16.8. The number of benzene rings is 2. The van der Waals surface area contributed by atoms with E-state index >= 15 is 0 Å². The lowest BCUT2D eigenvalue weighted by Crippen LogP contribution is -2.31. The summed E-state index contributed by atoms with van der Waals surface area (Å²) in [5.41, 5.74) is 8.91. The van der Waals surface area contributed by atoms with Crippen LogP contribution in [0.3, 0.4) is 0 Å². The molecule has 0 spiro atoms. The number of hydrogen-bond acceptors (Lipinski definition) is 5. The molecule has 7 heteroatoms. The highest BCUT2D eigenvalue weighted by Crippen LogP contribution is 2.35. The number of nitrogens with zero attached hydrogens (tertiary/aromatic N) is 3. The highest BCUT2D eigenvalue weighted by Gasteiger charge is 2.27. The van der Waals surface area contributed by atoms with E-state index in [1.165, 1.54) is 0 Å². The van der Waals surface area contributed by atoms with Crippen molar-refractivity contribution in [3.63, 3.8) is 0 Å². The van der Waals surface area contributed by atoms with Gasteiger partial charge in [0.1, 0.15) is 5.82 Å². The number of halogens is 1. The lowest BCUT2D eigenvalue weighted by atomic mass is 10.1. The molecule has 0 radical (unpaired) electrons. The number of nitrogens with two attached hydrogens (primary N) is 1. The molecule has 0 saturated heterocycles. The Morgan fingerprint density at radius 1 is 1.12 bits per heavy atom. The van der Waals surface area contributed by atoms with Crippen LogP contribution in [0.2, 0.25) is 0 Å². The van der Waals surface area contributed by atoms with E-state index in [4.69, 9.17) is 5.73 Å². The van der Waals surface area contributed by atoms with E-state index in [2.05, 4.69) is 15.3 Å². The van der Waals surface area contributed by atoms with Gasteiger partial charge in [0.25, 0.3) is 0 Å². The summed E-state index contributed by atoms with van der Waals surface area (Å²) >= 11 is 1.58. The summed E-state index contributed by atoms with van der Waals surface area (Å²) in [6.07, 6.45) is -0.601. The van der Waals surface area contributed by atoms with Crippen molar-refractivity contribution in [2.75, 3.05) is 5.32 Å². The molecule has 1 aliphatic heterocycles. The second-order valence-electron chi connectivity index (χ2n) is 6.02. The summed E-state index contributed by atoms with van der Waals surface area (Å²) in [4.78, 5) is 10.0. The van der Waals surface area contributed by atoms with E-state index in [1.54, 1.807) is 23.5 Å². The fourth-order valence-electron chi connectivity index (χ4n) is 3.26. The first kappa shape index (κ1) is 15.1. The topological polar surface area (TPSA) is 68.2 Å². The molecule has 3 heterocycles. The highest BCUT2D eigenvalue weighted by molar-refractivity contribution is 7.13. The molecule has 5 rings (SSSR count). The van der Waals surface area contributed by atoms with E-state index in [9.17, 15) is 4.39 Å². The van der Waals surface area contributed by atoms with E-state index in [0.717, 1.165) is 21.5 Å². The molecule has 2 aromatic carbocycles. The first-order valence-electron chi connectivity index (χ1n) is 8.11. The van der Waals surface area contributed by atoms with Crippen molar-refractivity contribution in [2.45, 2.75) is 6.17 Å². The predicted molar refractivity (Wildman–Crippen MR) is 103 cm³/mol. The van der Waals surface area contributed by atoms with Crippen LogP contribution in [0, 0.1) is 5.82 Å². The van der Waals surface area contributed by atoms with Crippen molar-refractivity contribution in [2.24, 2.45) is 10.7 Å². The number of rotatable bonds is 2. The van der Waals surface area contributed by atoms with Gasteiger partial charge >= 0.3 is 0 Å². The number of aliphatic imine (C=N–C) groups is 1. The van der Waals surface area contributed by atoms with Gasteiger partial charge in [0.2, 0.25) is 5.95 Å². The SMILES string of the molecule is NC1=N[C@H](c2ccc(-c3cccs3)cc2F)n2c(nc3ccccc32)N1. The molecule has 4 aromatic rings. The Hall–Kier alpha value is -3.19. The highest BCUT2D eigenvalue weighted by atomic mass is 32.1. The number of thiophene rings is 1. The smallest absolute Gasteiger partial charge is 0.212 e. The minimum atomic E-state index is -0.601. The van der Waals surface area contributed by atoms with E-state index < -0.39 is 6.17 Å². The Kier molecular flexibility index (Phi) is 3.29. The second-order valence-corrected chi connectivity index (χ2v) is 6.97. The van der Waals surface area contributed by atoms with Gasteiger partial charge in [0.15, 0.2) is 12.1 Å². The van der Waals surface area contributed by atoms with E-state index in [-0.39, 0.29) is 11.8 Å². The minimum absolute atomic E-state index is 0.222. The third kappa shape index (κ3) is 2.28. The Morgan fingerprint density at radius 3 is 2.81 bits per heavy atom. The Morgan fingerprint density at radius 2 is 2.00 bits per heavy atom. The van der Waals surface area contributed by atoms with Gasteiger partial charge in [-0.25, -0.2) is 14.4 Å². The van der Waals surface area contributed by atoms with Crippen molar-refractivity contribution in [1.29, 1.82) is 0 Å². The lowest BCUT2D eigenvalue weighted by Gasteiger charge is -2.24. The van der Waals surface area contributed by atoms with Crippen molar-refractivity contribution in [3.05, 3.63) is 71.4 Å². The van der Waals surface area contributed by atoms with E-state index in [0.29, 0.717) is 11.5 Å². The van der Waals surface area contributed by atoms with Crippen LogP contribution >= 0.6 is 11.3 Å². The van der Waals surface area contributed by atoms with Crippen molar-refractivity contribution < 1.29 is 4.39 Å². The summed E-state index contributed by atoms with van der Waals surface area (Å²) in [6.45, 7) is 0. The number of guanidine groups is 1. The number of hydrogen-bond donors (Lipinski definition) is 2. The third-order valence-corrected chi connectivity index (χ3v) is 5.34. The lowest BCUT2D eigenvalue weighted by molar-refractivity contribution is 0.551. The van der Waals surface area contributed by atoms with Gasteiger partial charge in [-0.05, 0) is 35.2 Å². The van der Waals surface area contributed by atoms with Crippen LogP contribution in [0.5, 0.6) is 0 Å². The molecule has 5 nitrogen and oxygen atoms in total. The van der Waals surface area contributed by atoms with E-state index in [1.807, 2.05) is 52.4 Å². The molecule has 1 atom stereocenters. The predicted octanol–water partition coefficient (Wildman–Crippen LogP) is 4.19. The molecule has 26 heavy (non-hydrogen) atoms. The van der Waals surface area contributed by atoms with Crippen LogP contribution in [0.25, 0.3) is 21.5 Å². The number of anilines is 1. The summed E-state index contributed by atoms with van der Waals surface area (Å²) in [5, 5.41) is 4.94. The fourth-order valence-corrected chi connectivity index (χ4v) is 3.98. The summed E-state index contributed by atoms with van der Waals surface area (Å²) in [7, 11) is 0. The third-order valence-electron chi connectivity index (χ3n) is 4.43. The van der Waals surface area contributed by atoms with Gasteiger partial charge in [0.05, 0.1) is 11.0 Å². The second kappa shape index (κ2) is 5.67. The van der Waals surface area contributed by atoms with Crippen molar-refractivity contribution in [3.8, 4) is 10.4 Å². The molecule has 0 unspecified atom stereocenters. The van der Waals surface area contributed by atoms with Gasteiger partial charge in [-0.3, -0.25) is 9.88 Å². The zero-order valence-corrected chi connectivity index (χ0v) is 14.4. The molecule has 0 fully saturated rings. The fraction of sp³-hybridized carbons (Fsp3) is 0.0526. The average Bonchev–Trinajstić information content (AvgIpc) is 3.28. The van der Waals surface area contributed by atoms with Gasteiger partial charge in [-0.2, -0.15) is 0 Å². The summed E-state index contributed by atoms with van der Waals surface area (Å²) in [5.74, 6) is 0.466. The monoisotopic (exact) mass is 363 g/mol. The zero-order valence-electron chi connectivity index (χ0n) is 13.6. The molecule has 0 saturated carbocycles. The Balaban J connectivity index is 1.67. The van der Waals surface area contributed by atoms with Gasteiger partial charge in [0, 0.05) is 10.4 Å². The van der Waals surface area contributed by atoms with Crippen LogP contribution in [-0.4, -0.2) is 15.5 Å². The molecule has 1 aliphatic rings. The van der Waals surface area contributed by atoms with Crippen LogP contribution in [-0.2, 0) is 0 Å². The first-order valence-corrected chi connectivity index (χ1v) is 8.99. The molecule has 3 N–H and O–H groups in total. The van der Waals surface area contributed by atoms with Crippen LogP contribution in [0.4, 0.5) is 10.3 Å². The number of imidazole rings is 1. The van der Waals surface area contributed by atoms with Crippen molar-refractivity contribution in [1.82, 2.24) is 9.55 Å². The molecule has 2 aromatic heterocycles.